The van der Waals surface area contributed by atoms with Crippen LogP contribution in [0.3, 0.4) is 0 Å². The molecule has 9 bridgehead atoms. The van der Waals surface area contributed by atoms with Crippen LogP contribution in [0, 0.1) is 0 Å². The van der Waals surface area contributed by atoms with Crippen molar-refractivity contribution in [3.8, 4) is 0 Å². The third-order valence-corrected chi connectivity index (χ3v) is 64.8. The Kier molecular flexibility index (Phi) is 18.7. The second-order valence-electron chi connectivity index (χ2n) is 27.4. The van der Waals surface area contributed by atoms with E-state index in [1.165, 1.54) is 0 Å². The van der Waals surface area contributed by atoms with Crippen LogP contribution in [0.1, 0.15) is 38.5 Å². The number of hydrogen-bond acceptors (Lipinski definition) is 18. The molecule has 16 rings (SSSR count). The molecule has 11 atom stereocenters. The van der Waals surface area contributed by atoms with Crippen molar-refractivity contribution < 1.29 is 76.7 Å². The van der Waals surface area contributed by atoms with Gasteiger partial charge < -0.3 is 67.1 Å². The Labute approximate surface area is 580 Å². The average Bonchev–Trinajstić information content (AvgIpc) is 1.61. The van der Waals surface area contributed by atoms with E-state index in [4.69, 9.17) is 67.1 Å². The standard InChI is InChI=1S/C67H80O18Si12/c1-86(2,3)70-65(68)53-33-35-55-88(7)74-92(59-41-21-11-22-42-59)72-67-73-93(82-92,60-43-23-12-24-44-60)83-94(61-45-25-13-26-46-61)76-89(8,56-36-34-54-66(69)71-87(4,5)6)77-96(63-49-29-15-30-50-63)80-90(67,57-37-17-9-18-38-57)79-95(75-88,62-47-27-14-28-48-62)84-97(85-96,64-51-31-16-32-52-64)81-91(67,78-94)58-39-19-10-20-40-58/h9-32,37-52H,33-36,53-56H2,1-8H3. The monoisotopic (exact) mass is 1510 g/mol. The number of unbranched alkanes of at least 4 members (excludes halogenated alkanes) is 2. The summed E-state index contributed by atoms with van der Waals surface area (Å²) >= 11 is 0. The molecule has 504 valence electrons. The lowest BCUT2D eigenvalue weighted by Gasteiger charge is -2.64. The van der Waals surface area contributed by atoms with Gasteiger partial charge in [-0.1, -0.05) is 255 Å². The van der Waals surface area contributed by atoms with Gasteiger partial charge in [-0.2, -0.15) is 0 Å². The van der Waals surface area contributed by atoms with Crippen LogP contribution in [-0.2, 0) is 76.7 Å². The van der Waals surface area contributed by atoms with Gasteiger partial charge in [0.05, 0.1) is 0 Å². The van der Waals surface area contributed by atoms with E-state index in [1.54, 1.807) is 0 Å². The summed E-state index contributed by atoms with van der Waals surface area (Å²) in [6.07, 6.45) is 2.02. The molecule has 97 heavy (non-hydrogen) atoms. The van der Waals surface area contributed by atoms with Crippen molar-refractivity contribution in [2.45, 2.75) is 108 Å². The van der Waals surface area contributed by atoms with E-state index >= 15 is 0 Å². The van der Waals surface area contributed by atoms with Gasteiger partial charge in [0, 0.05) is 44.0 Å². The molecule has 0 aliphatic carbocycles. The zero-order valence-corrected chi connectivity index (χ0v) is 67.6. The molecular weight excluding hydrogens is 1430 g/mol. The summed E-state index contributed by atoms with van der Waals surface area (Å²) in [7, 11) is -54.8. The Morgan fingerprint density at radius 3 is 0.794 bits per heavy atom. The van der Waals surface area contributed by atoms with Crippen molar-refractivity contribution in [1.29, 1.82) is 0 Å². The normalized spacial score (nSPS) is 32.8. The van der Waals surface area contributed by atoms with Crippen LogP contribution in [0.5, 0.6) is 0 Å². The number of hydrogen-bond donors (Lipinski definition) is 0. The maximum absolute atomic E-state index is 13.7. The summed E-state index contributed by atoms with van der Waals surface area (Å²) in [5.41, 5.74) is 0. The highest BCUT2D eigenvalue weighted by Crippen LogP contribution is 2.58. The third-order valence-electron chi connectivity index (χ3n) is 17.4. The van der Waals surface area contributed by atoms with Gasteiger partial charge in [-0.3, -0.25) is 9.59 Å². The van der Waals surface area contributed by atoms with Gasteiger partial charge >= 0.3 is 87.1 Å². The van der Waals surface area contributed by atoms with Crippen molar-refractivity contribution in [3.05, 3.63) is 243 Å². The van der Waals surface area contributed by atoms with E-state index in [-0.39, 0.29) is 36.9 Å². The molecule has 8 aromatic rings. The summed E-state index contributed by atoms with van der Waals surface area (Å²) in [5.74, 6) is -0.537. The lowest BCUT2D eigenvalue weighted by atomic mass is 10.2. The molecule has 8 aromatic carbocycles. The lowest BCUT2D eigenvalue weighted by molar-refractivity contribution is -0.136. The first-order chi connectivity index (χ1) is 46.4. The maximum atomic E-state index is 13.7. The molecule has 18 nitrogen and oxygen atoms in total. The molecule has 0 amide bonds. The van der Waals surface area contributed by atoms with E-state index < -0.39 is 109 Å². The SMILES string of the molecule is C[Si](C)(C)OC(=O)CCCC[Si]1(C)O[Si]2(c3ccccc3)OC34O[Si](c5ccccc5)(O2)O[Si]2(c5ccccc5)O[Si](C)(CCCCC(=O)O[Si](C)(C)C)O[Si]5(c6ccccc6)O[Si](c6ccccc6)(O[Si](c6ccccc6)(O1)O[Si]3(c1ccccc1)O5)O[Si]4(c1ccccc1)O2. The van der Waals surface area contributed by atoms with Crippen LogP contribution in [0.15, 0.2) is 243 Å². The fourth-order valence-electron chi connectivity index (χ4n) is 13.5. The summed E-state index contributed by atoms with van der Waals surface area (Å²) in [6, 6.07) is 78.4. The number of benzene rings is 8. The second-order valence-corrected chi connectivity index (χ2v) is 67.6. The molecule has 8 heterocycles. The Morgan fingerprint density at radius 2 is 0.515 bits per heavy atom. The van der Waals surface area contributed by atoms with E-state index in [1.807, 2.05) is 295 Å². The molecule has 11 unspecified atom stereocenters. The number of fused-ring (bicyclic) bond motifs is 4. The molecule has 1 spiro atoms. The van der Waals surface area contributed by atoms with Gasteiger partial charge in [-0.15, -0.1) is 0 Å². The van der Waals surface area contributed by atoms with Crippen molar-refractivity contribution in [2.75, 3.05) is 0 Å². The van der Waals surface area contributed by atoms with Crippen LogP contribution >= 0.6 is 0 Å². The van der Waals surface area contributed by atoms with Crippen molar-refractivity contribution >= 4 is 157 Å². The van der Waals surface area contributed by atoms with E-state index in [0.717, 1.165) is 0 Å². The quantitative estimate of drug-likeness (QED) is 0.0527. The van der Waals surface area contributed by atoms with Gasteiger partial charge in [0.25, 0.3) is 11.9 Å². The Bertz CT molecular complexity index is 4110. The zero-order valence-electron chi connectivity index (χ0n) is 55.6. The fraction of sp³-hybridized carbons (Fsp3) is 0.254. The highest BCUT2D eigenvalue weighted by Gasteiger charge is 2.95. The smallest absolute Gasteiger partial charge is 0.520 e. The van der Waals surface area contributed by atoms with Gasteiger partial charge in [0.15, 0.2) is 0 Å². The van der Waals surface area contributed by atoms with Gasteiger partial charge in [0.2, 0.25) is 21.7 Å². The summed E-state index contributed by atoms with van der Waals surface area (Å²) in [5, 5.41) is 1.64. The van der Waals surface area contributed by atoms with Crippen molar-refractivity contribution in [1.82, 2.24) is 0 Å². The molecular formula is C67H80O18Si12. The average molecular weight is 1510 g/mol. The molecule has 0 aromatic heterocycles. The summed E-state index contributed by atoms with van der Waals surface area (Å²) in [6.45, 7) is 16.0. The predicted molar refractivity (Wildman–Crippen MR) is 392 cm³/mol. The molecule has 30 heteroatoms. The highest BCUT2D eigenvalue weighted by atomic mass is 28.6. The molecule has 8 aliphatic heterocycles. The zero-order chi connectivity index (χ0) is 67.5. The number of carbonyl (C=O) groups excluding carboxylic acids is 2. The molecule has 8 aliphatic rings. The second kappa shape index (κ2) is 26.3. The van der Waals surface area contributed by atoms with Crippen LogP contribution < -0.4 is 41.5 Å². The lowest BCUT2D eigenvalue weighted by Crippen LogP contribution is -3.00. The third kappa shape index (κ3) is 13.0. The van der Waals surface area contributed by atoms with Crippen LogP contribution in [0.2, 0.25) is 64.5 Å². The first kappa shape index (κ1) is 68.9. The Hall–Kier alpha value is -5.26. The number of rotatable bonds is 20. The maximum Gasteiger partial charge on any atom is 0.524 e. The van der Waals surface area contributed by atoms with Gasteiger partial charge in [0.1, 0.15) is 0 Å². The molecule has 0 saturated carbocycles. The highest BCUT2D eigenvalue weighted by molar-refractivity contribution is 7.18. The van der Waals surface area contributed by atoms with Crippen molar-refractivity contribution in [3.63, 3.8) is 0 Å². The minimum atomic E-state index is -5.54. The first-order valence-electron chi connectivity index (χ1n) is 33.1. The Balaban J connectivity index is 1.19. The van der Waals surface area contributed by atoms with Gasteiger partial charge in [-0.25, -0.2) is 0 Å². The van der Waals surface area contributed by atoms with Crippen LogP contribution in [0.25, 0.3) is 0 Å². The molecule has 0 radical (unpaired) electrons. The molecule has 0 N–H and O–H groups in total. The largest absolute Gasteiger partial charge is 0.524 e. The van der Waals surface area contributed by atoms with Gasteiger partial charge in [-0.05, 0) is 87.7 Å². The minimum absolute atomic E-state index is 0.155. The molecule has 8 saturated heterocycles. The summed E-state index contributed by atoms with van der Waals surface area (Å²) < 4.78 is 134. The van der Waals surface area contributed by atoms with E-state index in [2.05, 4.69) is 0 Å². The minimum Gasteiger partial charge on any atom is -0.520 e. The first-order valence-corrected chi connectivity index (χ1v) is 59.0. The predicted octanol–water partition coefficient (Wildman–Crippen LogP) is 8.09. The summed E-state index contributed by atoms with van der Waals surface area (Å²) in [4.78, 5) is 27.5. The van der Waals surface area contributed by atoms with E-state index in [9.17, 15) is 9.59 Å². The van der Waals surface area contributed by atoms with E-state index in [0.29, 0.717) is 67.2 Å². The van der Waals surface area contributed by atoms with Crippen molar-refractivity contribution in [2.24, 2.45) is 0 Å². The fourth-order valence-corrected chi connectivity index (χ4v) is 76.3. The van der Waals surface area contributed by atoms with Crippen LogP contribution in [0.4, 0.5) is 0 Å². The Morgan fingerprint density at radius 1 is 0.299 bits per heavy atom. The van der Waals surface area contributed by atoms with Crippen LogP contribution in [-0.4, -0.2) is 121 Å². The molecule has 8 fully saturated rings. The topological polar surface area (TPSA) is 182 Å². The number of carbonyl (C=O) groups is 2.